The number of amides is 1. The van der Waals surface area contributed by atoms with Gasteiger partial charge in [0.25, 0.3) is 0 Å². The minimum Gasteiger partial charge on any atom is -0.366 e. The Morgan fingerprint density at radius 1 is 1.39 bits per heavy atom. The molecule has 0 fully saturated rings. The molecule has 0 aromatic heterocycles. The van der Waals surface area contributed by atoms with Gasteiger partial charge in [-0.1, -0.05) is 24.1 Å². The molecule has 2 rings (SSSR count). The second-order valence-electron chi connectivity index (χ2n) is 4.12. The van der Waals surface area contributed by atoms with Crippen LogP contribution in [0.3, 0.4) is 0 Å². The van der Waals surface area contributed by atoms with Crippen LogP contribution in [0.2, 0.25) is 0 Å². The summed E-state index contributed by atoms with van der Waals surface area (Å²) in [6, 6.07) is 7.93. The Morgan fingerprint density at radius 2 is 2.11 bits per heavy atom. The average molecular weight is 236 g/mol. The average Bonchev–Trinajstić information content (AvgIpc) is 2.40. The van der Waals surface area contributed by atoms with Crippen LogP contribution in [0.4, 0.5) is 0 Å². The van der Waals surface area contributed by atoms with E-state index >= 15 is 0 Å². The van der Waals surface area contributed by atoms with Crippen LogP contribution in [0.25, 0.3) is 0 Å². The van der Waals surface area contributed by atoms with Gasteiger partial charge in [-0.2, -0.15) is 0 Å². The molecule has 1 aromatic carbocycles. The zero-order valence-corrected chi connectivity index (χ0v) is 10.2. The van der Waals surface area contributed by atoms with Crippen molar-refractivity contribution in [2.75, 3.05) is 0 Å². The van der Waals surface area contributed by atoms with Crippen LogP contribution in [0, 0.1) is 17.9 Å². The highest BCUT2D eigenvalue weighted by molar-refractivity contribution is 5.94. The second kappa shape index (κ2) is 5.37. The molecule has 2 nitrogen and oxygen atoms in total. The number of allylic oxidation sites excluding steroid dienone is 3. The molecular weight excluding hydrogens is 222 g/mol. The minimum absolute atomic E-state index is 0.0346. The normalized spacial score (nSPS) is 17.6. The van der Waals surface area contributed by atoms with Gasteiger partial charge in [-0.05, 0) is 43.2 Å². The van der Waals surface area contributed by atoms with E-state index in [1.165, 1.54) is 0 Å². The van der Waals surface area contributed by atoms with Gasteiger partial charge < -0.3 is 5.73 Å². The monoisotopic (exact) mass is 236 g/mol. The van der Waals surface area contributed by atoms with E-state index in [2.05, 4.69) is 17.9 Å². The predicted molar refractivity (Wildman–Crippen MR) is 71.4 cm³/mol. The first-order valence-corrected chi connectivity index (χ1v) is 5.82. The maximum Gasteiger partial charge on any atom is 0.245 e. The standard InChI is InChI=1S/C16H14NO/c1-2-5-12-8-10-13(11-9-12)14-6-3-4-7-15(14)16(17)18/h3,7-11,14H,6H2,1H3,(H2,17,18). The van der Waals surface area contributed by atoms with Crippen LogP contribution in [0.15, 0.2) is 42.0 Å². The molecule has 89 valence electrons. The van der Waals surface area contributed by atoms with Gasteiger partial charge in [-0.25, -0.2) is 0 Å². The number of carbonyl (C=O) groups excluding carboxylic acids is 1. The number of benzene rings is 1. The fraction of sp³-hybridized carbons (Fsp3) is 0.188. The number of hydrogen-bond acceptors (Lipinski definition) is 1. The zero-order chi connectivity index (χ0) is 13.0. The van der Waals surface area contributed by atoms with Gasteiger partial charge in [-0.3, -0.25) is 4.79 Å². The van der Waals surface area contributed by atoms with Crippen LogP contribution in [0.5, 0.6) is 0 Å². The highest BCUT2D eigenvalue weighted by Gasteiger charge is 2.21. The van der Waals surface area contributed by atoms with Gasteiger partial charge in [-0.15, -0.1) is 5.92 Å². The summed E-state index contributed by atoms with van der Waals surface area (Å²) in [5, 5.41) is 0. The molecule has 0 saturated heterocycles. The van der Waals surface area contributed by atoms with Crippen LogP contribution < -0.4 is 5.73 Å². The summed E-state index contributed by atoms with van der Waals surface area (Å²) in [4.78, 5) is 11.4. The summed E-state index contributed by atoms with van der Waals surface area (Å²) in [5.41, 5.74) is 8.07. The number of hydrogen-bond donors (Lipinski definition) is 1. The Labute approximate surface area is 107 Å². The van der Waals surface area contributed by atoms with E-state index in [-0.39, 0.29) is 11.8 Å². The van der Waals surface area contributed by atoms with Gasteiger partial charge in [0, 0.05) is 17.1 Å². The number of carbonyl (C=O) groups is 1. The van der Waals surface area contributed by atoms with Crippen LogP contribution in [-0.4, -0.2) is 5.91 Å². The Hall–Kier alpha value is -2.27. The fourth-order valence-corrected chi connectivity index (χ4v) is 2.06. The summed E-state index contributed by atoms with van der Waals surface area (Å²) < 4.78 is 0. The summed E-state index contributed by atoms with van der Waals surface area (Å²) >= 11 is 0. The van der Waals surface area contributed by atoms with Crippen molar-refractivity contribution in [2.45, 2.75) is 19.3 Å². The molecule has 0 spiro atoms. The van der Waals surface area contributed by atoms with E-state index in [0.717, 1.165) is 17.5 Å². The van der Waals surface area contributed by atoms with Crippen LogP contribution in [-0.2, 0) is 4.79 Å². The molecule has 1 aliphatic carbocycles. The lowest BCUT2D eigenvalue weighted by Gasteiger charge is -2.19. The first kappa shape index (κ1) is 12.2. The second-order valence-corrected chi connectivity index (χ2v) is 4.12. The van der Waals surface area contributed by atoms with Crippen molar-refractivity contribution in [3.05, 3.63) is 59.2 Å². The summed E-state index contributed by atoms with van der Waals surface area (Å²) in [6.45, 7) is 1.81. The third-order valence-electron chi connectivity index (χ3n) is 2.95. The molecule has 1 atom stereocenters. The first-order chi connectivity index (χ1) is 8.72. The van der Waals surface area contributed by atoms with E-state index in [1.54, 1.807) is 6.08 Å². The van der Waals surface area contributed by atoms with Gasteiger partial charge in [0.05, 0.1) is 0 Å². The van der Waals surface area contributed by atoms with E-state index < -0.39 is 0 Å². The predicted octanol–water partition coefficient (Wildman–Crippen LogP) is 2.32. The van der Waals surface area contributed by atoms with Crippen molar-refractivity contribution in [1.29, 1.82) is 0 Å². The van der Waals surface area contributed by atoms with E-state index in [9.17, 15) is 4.79 Å². The molecule has 1 aliphatic rings. The molecule has 0 saturated carbocycles. The maximum absolute atomic E-state index is 11.4. The third-order valence-corrected chi connectivity index (χ3v) is 2.95. The van der Waals surface area contributed by atoms with Crippen LogP contribution in [0.1, 0.15) is 30.4 Å². The summed E-state index contributed by atoms with van der Waals surface area (Å²) in [5.74, 6) is 5.51. The quantitative estimate of drug-likeness (QED) is 0.787. The molecule has 1 aromatic rings. The van der Waals surface area contributed by atoms with E-state index in [4.69, 9.17) is 5.73 Å². The molecule has 1 amide bonds. The maximum atomic E-state index is 11.4. The molecule has 0 bridgehead atoms. The van der Waals surface area contributed by atoms with Gasteiger partial charge in [0.15, 0.2) is 0 Å². The largest absolute Gasteiger partial charge is 0.366 e. The van der Waals surface area contributed by atoms with Crippen molar-refractivity contribution in [1.82, 2.24) is 0 Å². The number of rotatable bonds is 2. The molecule has 18 heavy (non-hydrogen) atoms. The summed E-state index contributed by atoms with van der Waals surface area (Å²) in [6.07, 6.45) is 7.30. The number of primary amides is 1. The van der Waals surface area contributed by atoms with Crippen molar-refractivity contribution >= 4 is 5.91 Å². The molecule has 0 heterocycles. The summed E-state index contributed by atoms with van der Waals surface area (Å²) in [7, 11) is 0. The van der Waals surface area contributed by atoms with Crippen molar-refractivity contribution in [2.24, 2.45) is 5.73 Å². The first-order valence-electron chi connectivity index (χ1n) is 5.82. The third kappa shape index (κ3) is 2.52. The van der Waals surface area contributed by atoms with Crippen molar-refractivity contribution < 1.29 is 4.79 Å². The Morgan fingerprint density at radius 3 is 2.72 bits per heavy atom. The van der Waals surface area contributed by atoms with E-state index in [0.29, 0.717) is 5.57 Å². The molecule has 2 N–H and O–H groups in total. The van der Waals surface area contributed by atoms with Gasteiger partial charge >= 0.3 is 0 Å². The van der Waals surface area contributed by atoms with Gasteiger partial charge in [0.1, 0.15) is 0 Å². The zero-order valence-electron chi connectivity index (χ0n) is 10.2. The lowest BCUT2D eigenvalue weighted by molar-refractivity contribution is -0.114. The van der Waals surface area contributed by atoms with Crippen LogP contribution >= 0.6 is 0 Å². The lowest BCUT2D eigenvalue weighted by Crippen LogP contribution is -2.20. The highest BCUT2D eigenvalue weighted by atomic mass is 16.1. The highest BCUT2D eigenvalue weighted by Crippen LogP contribution is 2.30. The topological polar surface area (TPSA) is 43.1 Å². The Kier molecular flexibility index (Phi) is 3.64. The smallest absolute Gasteiger partial charge is 0.245 e. The van der Waals surface area contributed by atoms with Crippen molar-refractivity contribution in [3.8, 4) is 11.8 Å². The molecule has 1 unspecified atom stereocenters. The van der Waals surface area contributed by atoms with E-state index in [1.807, 2.05) is 37.3 Å². The molecule has 1 radical (unpaired) electrons. The fourth-order valence-electron chi connectivity index (χ4n) is 2.06. The van der Waals surface area contributed by atoms with Gasteiger partial charge in [0.2, 0.25) is 5.91 Å². The Bertz CT molecular complexity index is 567. The SMILES string of the molecule is CC#Cc1ccc(C2CC=[C]C=C2C(N)=O)cc1. The number of nitrogens with two attached hydrogens (primary N) is 1. The molecule has 2 heteroatoms. The minimum atomic E-state index is -0.377. The lowest BCUT2D eigenvalue weighted by atomic mass is 9.85. The molecular formula is C16H14NO. The molecule has 0 aliphatic heterocycles. The Balaban J connectivity index is 2.30. The van der Waals surface area contributed by atoms with Crippen molar-refractivity contribution in [3.63, 3.8) is 0 Å².